The molecule has 0 radical (unpaired) electrons. The lowest BCUT2D eigenvalue weighted by atomic mass is 9.96. The zero-order valence-corrected chi connectivity index (χ0v) is 23.1. The van der Waals surface area contributed by atoms with E-state index >= 15 is 0 Å². The molecule has 3 aromatic rings. The van der Waals surface area contributed by atoms with Gasteiger partial charge in [-0.1, -0.05) is 0 Å². The van der Waals surface area contributed by atoms with Crippen LogP contribution in [0, 0.1) is 0 Å². The van der Waals surface area contributed by atoms with Gasteiger partial charge in [-0.2, -0.15) is 0 Å². The summed E-state index contributed by atoms with van der Waals surface area (Å²) in [5.74, 6) is 2.60. The molecule has 10 nitrogen and oxygen atoms in total. The van der Waals surface area contributed by atoms with Crippen LogP contribution in [0.4, 0.5) is 17.3 Å². The van der Waals surface area contributed by atoms with Gasteiger partial charge in [0.05, 0.1) is 50.3 Å². The molecule has 1 aliphatic heterocycles. The van der Waals surface area contributed by atoms with E-state index in [9.17, 15) is 4.79 Å². The summed E-state index contributed by atoms with van der Waals surface area (Å²) >= 11 is 0. The highest BCUT2D eigenvalue weighted by molar-refractivity contribution is 5.86. The van der Waals surface area contributed by atoms with Crippen LogP contribution >= 0.6 is 0 Å². The first-order chi connectivity index (χ1) is 19.0. The summed E-state index contributed by atoms with van der Waals surface area (Å²) < 4.78 is 16.5. The number of pyridine rings is 1. The molecule has 39 heavy (non-hydrogen) atoms. The van der Waals surface area contributed by atoms with E-state index in [0.29, 0.717) is 45.5 Å². The Morgan fingerprint density at radius 3 is 2.74 bits per heavy atom. The number of aromatic amines is 1. The molecule has 2 atom stereocenters. The molecule has 1 aliphatic rings. The van der Waals surface area contributed by atoms with E-state index in [1.807, 2.05) is 30.5 Å². The number of nitrogens with one attached hydrogen (secondary N) is 2. The van der Waals surface area contributed by atoms with Crippen molar-refractivity contribution in [1.29, 1.82) is 0 Å². The molecule has 2 unspecified atom stereocenters. The summed E-state index contributed by atoms with van der Waals surface area (Å²) in [6.45, 7) is 7.11. The summed E-state index contributed by atoms with van der Waals surface area (Å²) in [6, 6.07) is 12.3. The average Bonchev–Trinajstić information content (AvgIpc) is 3.37. The lowest BCUT2D eigenvalue weighted by Gasteiger charge is -2.41. The van der Waals surface area contributed by atoms with Crippen molar-refractivity contribution >= 4 is 34.5 Å². The van der Waals surface area contributed by atoms with Crippen LogP contribution < -0.4 is 19.9 Å². The number of aldehydes is 1. The number of anilines is 3. The Morgan fingerprint density at radius 1 is 1.18 bits per heavy atom. The second-order valence-electron chi connectivity index (χ2n) is 10.1. The van der Waals surface area contributed by atoms with Gasteiger partial charge in [0.2, 0.25) is 0 Å². The molecule has 212 valence electrons. The first-order valence-corrected chi connectivity index (χ1v) is 13.7. The average molecular weight is 540 g/mol. The number of carbonyl (C=O) groups is 1. The minimum Gasteiger partial charge on any atom is -0.491 e. The zero-order chi connectivity index (χ0) is 27.6. The Labute approximate surface area is 230 Å². The van der Waals surface area contributed by atoms with Crippen molar-refractivity contribution in [2.24, 2.45) is 0 Å². The monoisotopic (exact) mass is 539 g/mol. The number of aliphatic hydroxyl groups excluding tert-OH is 1. The van der Waals surface area contributed by atoms with Crippen molar-refractivity contribution < 1.29 is 24.1 Å². The number of aromatic nitrogens is 2. The third-order valence-electron chi connectivity index (χ3n) is 6.88. The lowest BCUT2D eigenvalue weighted by molar-refractivity contribution is -0.109. The Hall–Kier alpha value is -3.34. The van der Waals surface area contributed by atoms with Crippen LogP contribution in [0.1, 0.15) is 26.7 Å². The standard InChI is InChI=1S/C29H41N5O5/c1-21(2)31-26-5-4-9-30-29(26)33(3)23-8-10-34(24(18-23)20-36)28-17-22-6-7-25(19-27(22)32-28)39-16-15-38-14-13-37-12-11-35/h4-7,9,17,19-21,23-24,31-32,35H,8,10-16,18H2,1-3H3. The van der Waals surface area contributed by atoms with Crippen LogP contribution in [-0.4, -0.2) is 92.7 Å². The molecule has 0 saturated carbocycles. The molecule has 3 N–H and O–H groups in total. The summed E-state index contributed by atoms with van der Waals surface area (Å²) in [4.78, 5) is 24.7. The number of H-pyrrole nitrogens is 1. The number of rotatable bonds is 15. The molecule has 0 amide bonds. The number of benzene rings is 1. The van der Waals surface area contributed by atoms with Crippen LogP contribution in [0.15, 0.2) is 42.6 Å². The SMILES string of the molecule is CC(C)Nc1cccnc1N(C)C1CCN(c2cc3ccc(OCCOCCOCCO)cc3[nH]2)C(C=O)C1. The van der Waals surface area contributed by atoms with Crippen LogP contribution in [0.25, 0.3) is 10.9 Å². The first kappa shape index (κ1) is 28.7. The molecule has 1 fully saturated rings. The molecule has 0 aliphatic carbocycles. The van der Waals surface area contributed by atoms with Crippen LogP contribution in [0.2, 0.25) is 0 Å². The smallest absolute Gasteiger partial charge is 0.151 e. The highest BCUT2D eigenvalue weighted by atomic mass is 16.5. The van der Waals surface area contributed by atoms with Crippen molar-refractivity contribution in [3.63, 3.8) is 0 Å². The number of piperidine rings is 1. The summed E-state index contributed by atoms with van der Waals surface area (Å²) in [6.07, 6.45) is 4.50. The maximum absolute atomic E-state index is 12.2. The molecular formula is C29H41N5O5. The van der Waals surface area contributed by atoms with Gasteiger partial charge in [-0.25, -0.2) is 4.98 Å². The second-order valence-corrected chi connectivity index (χ2v) is 10.1. The largest absolute Gasteiger partial charge is 0.491 e. The van der Waals surface area contributed by atoms with E-state index < -0.39 is 0 Å². The van der Waals surface area contributed by atoms with Gasteiger partial charge in [0.25, 0.3) is 0 Å². The van der Waals surface area contributed by atoms with Gasteiger partial charge in [-0.05, 0) is 57.0 Å². The van der Waals surface area contributed by atoms with Crippen molar-refractivity contribution in [3.05, 3.63) is 42.6 Å². The van der Waals surface area contributed by atoms with E-state index in [1.165, 1.54) is 0 Å². The summed E-state index contributed by atoms with van der Waals surface area (Å²) in [5, 5.41) is 13.2. The zero-order valence-electron chi connectivity index (χ0n) is 23.1. The quantitative estimate of drug-likeness (QED) is 0.197. The molecule has 1 aromatic carbocycles. The molecule has 4 rings (SSSR count). The second kappa shape index (κ2) is 14.2. The molecular weight excluding hydrogens is 498 g/mol. The number of hydrogen-bond donors (Lipinski definition) is 3. The highest BCUT2D eigenvalue weighted by Crippen LogP contribution is 2.33. The van der Waals surface area contributed by atoms with E-state index in [1.54, 1.807) is 0 Å². The summed E-state index contributed by atoms with van der Waals surface area (Å²) in [5.41, 5.74) is 1.97. The van der Waals surface area contributed by atoms with Crippen molar-refractivity contribution in [2.75, 3.05) is 68.4 Å². The minimum absolute atomic E-state index is 0.0146. The third kappa shape index (κ3) is 7.62. The predicted octanol–water partition coefficient (Wildman–Crippen LogP) is 3.46. The van der Waals surface area contributed by atoms with Crippen molar-refractivity contribution in [2.45, 2.75) is 44.8 Å². The number of carbonyl (C=O) groups excluding carboxylic acids is 1. The van der Waals surface area contributed by atoms with Gasteiger partial charge in [0, 0.05) is 43.3 Å². The van der Waals surface area contributed by atoms with Gasteiger partial charge >= 0.3 is 0 Å². The number of nitrogens with zero attached hydrogens (tertiary/aromatic N) is 3. The van der Waals surface area contributed by atoms with Crippen molar-refractivity contribution in [3.8, 4) is 5.75 Å². The first-order valence-electron chi connectivity index (χ1n) is 13.7. The van der Waals surface area contributed by atoms with E-state index in [2.05, 4.69) is 58.1 Å². The van der Waals surface area contributed by atoms with Crippen LogP contribution in [-0.2, 0) is 14.3 Å². The van der Waals surface area contributed by atoms with Crippen LogP contribution in [0.5, 0.6) is 5.75 Å². The molecule has 10 heteroatoms. The van der Waals surface area contributed by atoms with Gasteiger partial charge in [0.1, 0.15) is 24.5 Å². The fourth-order valence-corrected chi connectivity index (χ4v) is 4.97. The highest BCUT2D eigenvalue weighted by Gasteiger charge is 2.32. The number of hydrogen-bond acceptors (Lipinski definition) is 9. The maximum atomic E-state index is 12.2. The minimum atomic E-state index is -0.237. The maximum Gasteiger partial charge on any atom is 0.151 e. The molecule has 1 saturated heterocycles. The molecule has 2 aromatic heterocycles. The van der Waals surface area contributed by atoms with Gasteiger partial charge in [-0.3, -0.25) is 0 Å². The summed E-state index contributed by atoms with van der Waals surface area (Å²) in [7, 11) is 2.07. The number of fused-ring (bicyclic) bond motifs is 1. The topological polar surface area (TPSA) is 112 Å². The number of ether oxygens (including phenoxy) is 3. The van der Waals surface area contributed by atoms with E-state index in [4.69, 9.17) is 19.3 Å². The molecule has 0 bridgehead atoms. The van der Waals surface area contributed by atoms with Crippen molar-refractivity contribution in [1.82, 2.24) is 9.97 Å². The van der Waals surface area contributed by atoms with Gasteiger partial charge < -0.3 is 44.2 Å². The van der Waals surface area contributed by atoms with Gasteiger partial charge in [-0.15, -0.1) is 0 Å². The predicted molar refractivity (Wildman–Crippen MR) is 154 cm³/mol. The van der Waals surface area contributed by atoms with Gasteiger partial charge in [0.15, 0.2) is 5.82 Å². The van der Waals surface area contributed by atoms with E-state index in [0.717, 1.165) is 53.2 Å². The Bertz CT molecular complexity index is 1190. The fourth-order valence-electron chi connectivity index (χ4n) is 4.97. The third-order valence-corrected chi connectivity index (χ3v) is 6.88. The Kier molecular flexibility index (Phi) is 10.4. The lowest BCUT2D eigenvalue weighted by Crippen LogP contribution is -2.50. The molecule has 3 heterocycles. The Morgan fingerprint density at radius 2 is 1.97 bits per heavy atom. The number of aliphatic hydroxyl groups is 1. The fraction of sp³-hybridized carbons (Fsp3) is 0.517. The Balaban J connectivity index is 1.35. The normalized spacial score (nSPS) is 17.5. The van der Waals surface area contributed by atoms with Crippen LogP contribution in [0.3, 0.4) is 0 Å². The van der Waals surface area contributed by atoms with E-state index in [-0.39, 0.29) is 18.7 Å². The molecule has 0 spiro atoms.